The van der Waals surface area contributed by atoms with Crippen LogP contribution in [0.5, 0.6) is 0 Å². The molecule has 1 amide bonds. The van der Waals surface area contributed by atoms with Gasteiger partial charge >= 0.3 is 0 Å². The van der Waals surface area contributed by atoms with Gasteiger partial charge in [0.25, 0.3) is 5.91 Å². The lowest BCUT2D eigenvalue weighted by Crippen LogP contribution is -2.12. The van der Waals surface area contributed by atoms with Crippen molar-refractivity contribution < 1.29 is 4.79 Å². The van der Waals surface area contributed by atoms with Crippen molar-refractivity contribution in [3.05, 3.63) is 39.7 Å². The number of pyridine rings is 1. The fourth-order valence-corrected chi connectivity index (χ4v) is 2.23. The van der Waals surface area contributed by atoms with Gasteiger partial charge in [0.15, 0.2) is 0 Å². The largest absolute Gasteiger partial charge is 0.370 e. The van der Waals surface area contributed by atoms with Gasteiger partial charge in [0.2, 0.25) is 0 Å². The second-order valence-corrected chi connectivity index (χ2v) is 4.73. The summed E-state index contributed by atoms with van der Waals surface area (Å²) in [5, 5.41) is 9.89. The molecule has 0 spiro atoms. The van der Waals surface area contributed by atoms with Crippen molar-refractivity contribution in [2.75, 3.05) is 17.2 Å². The van der Waals surface area contributed by atoms with Crippen molar-refractivity contribution >= 4 is 40.4 Å². The first-order valence-electron chi connectivity index (χ1n) is 5.44. The summed E-state index contributed by atoms with van der Waals surface area (Å²) in [6.45, 7) is 2.67. The van der Waals surface area contributed by atoms with E-state index in [4.69, 9.17) is 11.6 Å². The quantitative estimate of drug-likeness (QED) is 0.844. The van der Waals surface area contributed by atoms with Crippen LogP contribution in [-0.2, 0) is 0 Å². The second-order valence-electron chi connectivity index (χ2n) is 3.56. The van der Waals surface area contributed by atoms with Gasteiger partial charge in [-0.25, -0.2) is 4.98 Å². The molecule has 18 heavy (non-hydrogen) atoms. The van der Waals surface area contributed by atoms with E-state index in [2.05, 4.69) is 15.6 Å². The number of halogens is 1. The van der Waals surface area contributed by atoms with Crippen molar-refractivity contribution in [2.45, 2.75) is 6.92 Å². The van der Waals surface area contributed by atoms with Crippen molar-refractivity contribution in [2.24, 2.45) is 0 Å². The molecule has 0 unspecified atom stereocenters. The highest BCUT2D eigenvalue weighted by Crippen LogP contribution is 2.17. The predicted octanol–water partition coefficient (Wildman–Crippen LogP) is 3.48. The third kappa shape index (κ3) is 3.21. The van der Waals surface area contributed by atoms with Crippen LogP contribution in [0, 0.1) is 0 Å². The number of hydrogen-bond acceptors (Lipinski definition) is 4. The van der Waals surface area contributed by atoms with E-state index in [1.54, 1.807) is 12.1 Å². The minimum atomic E-state index is -0.197. The zero-order valence-corrected chi connectivity index (χ0v) is 11.3. The van der Waals surface area contributed by atoms with Gasteiger partial charge in [-0.1, -0.05) is 11.6 Å². The molecule has 0 aliphatic rings. The first-order valence-corrected chi connectivity index (χ1v) is 6.76. The summed E-state index contributed by atoms with van der Waals surface area (Å²) in [5.41, 5.74) is 1.26. The van der Waals surface area contributed by atoms with Crippen LogP contribution in [0.25, 0.3) is 0 Å². The molecule has 0 aliphatic heterocycles. The Labute approximate surface area is 114 Å². The van der Waals surface area contributed by atoms with Crippen LogP contribution in [0.15, 0.2) is 29.0 Å². The minimum absolute atomic E-state index is 0.197. The molecule has 0 saturated carbocycles. The standard InChI is InChI=1S/C12H12ClN3OS/c1-2-14-11-6-8(5-10(13)16-11)12(17)15-9-3-4-18-7-9/h3-7H,2H2,1H3,(H,14,16)(H,15,17). The molecule has 6 heteroatoms. The molecule has 0 atom stereocenters. The Kier molecular flexibility index (Phi) is 4.17. The van der Waals surface area contributed by atoms with Gasteiger partial charge < -0.3 is 10.6 Å². The first kappa shape index (κ1) is 12.9. The first-order chi connectivity index (χ1) is 8.69. The number of nitrogens with one attached hydrogen (secondary N) is 2. The van der Waals surface area contributed by atoms with E-state index in [9.17, 15) is 4.79 Å². The smallest absolute Gasteiger partial charge is 0.255 e. The van der Waals surface area contributed by atoms with Crippen molar-refractivity contribution in [3.8, 4) is 0 Å². The highest BCUT2D eigenvalue weighted by Gasteiger charge is 2.09. The predicted molar refractivity (Wildman–Crippen MR) is 75.7 cm³/mol. The average Bonchev–Trinajstić information content (AvgIpc) is 2.81. The summed E-state index contributed by atoms with van der Waals surface area (Å²) in [4.78, 5) is 16.1. The third-order valence-corrected chi connectivity index (χ3v) is 3.07. The normalized spacial score (nSPS) is 10.1. The molecule has 0 aliphatic carbocycles. The molecule has 0 saturated heterocycles. The van der Waals surface area contributed by atoms with Crippen LogP contribution in [0.4, 0.5) is 11.5 Å². The van der Waals surface area contributed by atoms with E-state index in [1.807, 2.05) is 23.8 Å². The molecule has 0 bridgehead atoms. The maximum absolute atomic E-state index is 12.0. The Hall–Kier alpha value is -1.59. The summed E-state index contributed by atoms with van der Waals surface area (Å²) >= 11 is 7.41. The van der Waals surface area contributed by atoms with Crippen LogP contribution >= 0.6 is 22.9 Å². The average molecular weight is 282 g/mol. The molecule has 2 N–H and O–H groups in total. The van der Waals surface area contributed by atoms with Crippen molar-refractivity contribution in [1.29, 1.82) is 0 Å². The summed E-state index contributed by atoms with van der Waals surface area (Å²) in [5.74, 6) is 0.400. The highest BCUT2D eigenvalue weighted by atomic mass is 35.5. The molecular formula is C12H12ClN3OS. The van der Waals surface area contributed by atoms with Gasteiger partial charge in [-0.2, -0.15) is 11.3 Å². The fourth-order valence-electron chi connectivity index (χ4n) is 1.44. The fraction of sp³-hybridized carbons (Fsp3) is 0.167. The molecular weight excluding hydrogens is 270 g/mol. The number of amides is 1. The van der Waals surface area contributed by atoms with E-state index >= 15 is 0 Å². The number of hydrogen-bond donors (Lipinski definition) is 2. The summed E-state index contributed by atoms with van der Waals surface area (Å²) in [7, 11) is 0. The monoisotopic (exact) mass is 281 g/mol. The Morgan fingerprint density at radius 3 is 3.00 bits per heavy atom. The lowest BCUT2D eigenvalue weighted by molar-refractivity contribution is 0.102. The Morgan fingerprint density at radius 1 is 1.50 bits per heavy atom. The molecule has 0 radical (unpaired) electrons. The maximum atomic E-state index is 12.0. The molecule has 4 nitrogen and oxygen atoms in total. The van der Waals surface area contributed by atoms with Crippen LogP contribution < -0.4 is 10.6 Å². The maximum Gasteiger partial charge on any atom is 0.255 e. The molecule has 2 aromatic heterocycles. The number of nitrogens with zero attached hydrogens (tertiary/aromatic N) is 1. The van der Waals surface area contributed by atoms with Gasteiger partial charge in [0, 0.05) is 17.5 Å². The van der Waals surface area contributed by atoms with Gasteiger partial charge in [-0.3, -0.25) is 4.79 Å². The molecule has 2 aromatic rings. The van der Waals surface area contributed by atoms with E-state index in [0.29, 0.717) is 16.5 Å². The van der Waals surface area contributed by atoms with E-state index in [0.717, 1.165) is 12.2 Å². The van der Waals surface area contributed by atoms with Crippen LogP contribution in [-0.4, -0.2) is 17.4 Å². The molecule has 2 heterocycles. The SMILES string of the molecule is CCNc1cc(C(=O)Nc2ccsc2)cc(Cl)n1. The zero-order chi connectivity index (χ0) is 13.0. The Balaban J connectivity index is 2.19. The van der Waals surface area contributed by atoms with Crippen LogP contribution in [0.3, 0.4) is 0 Å². The van der Waals surface area contributed by atoms with Gasteiger partial charge in [0.1, 0.15) is 11.0 Å². The van der Waals surface area contributed by atoms with Crippen molar-refractivity contribution in [3.63, 3.8) is 0 Å². The summed E-state index contributed by atoms with van der Waals surface area (Å²) < 4.78 is 0. The number of rotatable bonds is 4. The minimum Gasteiger partial charge on any atom is -0.370 e. The van der Waals surface area contributed by atoms with Gasteiger partial charge in [-0.05, 0) is 30.5 Å². The van der Waals surface area contributed by atoms with Gasteiger partial charge in [-0.15, -0.1) is 0 Å². The number of carbonyl (C=O) groups is 1. The molecule has 0 fully saturated rings. The van der Waals surface area contributed by atoms with Crippen LogP contribution in [0.1, 0.15) is 17.3 Å². The van der Waals surface area contributed by atoms with E-state index < -0.39 is 0 Å². The number of aromatic nitrogens is 1. The topological polar surface area (TPSA) is 54.0 Å². The molecule has 2 rings (SSSR count). The molecule has 94 valence electrons. The Morgan fingerprint density at radius 2 is 2.33 bits per heavy atom. The second kappa shape index (κ2) is 5.84. The summed E-state index contributed by atoms with van der Waals surface area (Å²) in [6, 6.07) is 5.07. The highest BCUT2D eigenvalue weighted by molar-refractivity contribution is 7.08. The Bertz CT molecular complexity index is 542. The van der Waals surface area contributed by atoms with Crippen LogP contribution in [0.2, 0.25) is 5.15 Å². The number of carbonyl (C=O) groups excluding carboxylic acids is 1. The molecule has 0 aromatic carbocycles. The van der Waals surface area contributed by atoms with Crippen molar-refractivity contribution in [1.82, 2.24) is 4.98 Å². The number of thiophene rings is 1. The lowest BCUT2D eigenvalue weighted by atomic mass is 10.2. The number of anilines is 2. The van der Waals surface area contributed by atoms with E-state index in [1.165, 1.54) is 11.3 Å². The lowest BCUT2D eigenvalue weighted by Gasteiger charge is -2.07. The van der Waals surface area contributed by atoms with Gasteiger partial charge in [0.05, 0.1) is 5.69 Å². The van der Waals surface area contributed by atoms with E-state index in [-0.39, 0.29) is 5.91 Å². The zero-order valence-electron chi connectivity index (χ0n) is 9.74. The third-order valence-electron chi connectivity index (χ3n) is 2.19. The summed E-state index contributed by atoms with van der Waals surface area (Å²) in [6.07, 6.45) is 0.